The maximum absolute atomic E-state index is 11.1. The molecule has 0 saturated heterocycles. The van der Waals surface area contributed by atoms with Gasteiger partial charge < -0.3 is 10.5 Å². The maximum Gasteiger partial charge on any atom is 0.312 e. The monoisotopic (exact) mass is 177 g/mol. The number of thioether (sulfide) groups is 1. The molecule has 0 amide bonds. The summed E-state index contributed by atoms with van der Waals surface area (Å²) in [6.07, 6.45) is 0. The summed E-state index contributed by atoms with van der Waals surface area (Å²) in [5.41, 5.74) is 4.87. The molecule has 0 rings (SSSR count). The van der Waals surface area contributed by atoms with E-state index in [1.54, 1.807) is 0 Å². The fourth-order valence-corrected chi connectivity index (χ4v) is 1.40. The minimum Gasteiger partial charge on any atom is -0.469 e. The average Bonchev–Trinajstić information content (AvgIpc) is 1.99. The molecule has 0 heterocycles. The zero-order chi connectivity index (χ0) is 8.91. The third kappa shape index (κ3) is 3.62. The standard InChI is InChI=1S/C7H15NO2S/c1-7(2,4-11-5-8)6(9)10-3/h4-5,8H2,1-3H3. The molecule has 66 valence electrons. The van der Waals surface area contributed by atoms with Crippen LogP contribution in [0.5, 0.6) is 0 Å². The van der Waals surface area contributed by atoms with Crippen LogP contribution in [-0.2, 0) is 9.53 Å². The van der Waals surface area contributed by atoms with Gasteiger partial charge in [0.1, 0.15) is 0 Å². The summed E-state index contributed by atoms with van der Waals surface area (Å²) in [5.74, 6) is 1.06. The van der Waals surface area contributed by atoms with E-state index in [2.05, 4.69) is 4.74 Å². The van der Waals surface area contributed by atoms with Crippen LogP contribution < -0.4 is 5.73 Å². The summed E-state index contributed by atoms with van der Waals surface area (Å²) in [6.45, 7) is 3.70. The van der Waals surface area contributed by atoms with Crippen LogP contribution in [-0.4, -0.2) is 24.7 Å². The molecule has 0 saturated carbocycles. The van der Waals surface area contributed by atoms with Crippen molar-refractivity contribution in [1.82, 2.24) is 0 Å². The second-order valence-corrected chi connectivity index (χ2v) is 3.92. The van der Waals surface area contributed by atoms with Gasteiger partial charge in [0.2, 0.25) is 0 Å². The molecule has 0 aliphatic rings. The average molecular weight is 177 g/mol. The zero-order valence-corrected chi connectivity index (χ0v) is 8.03. The van der Waals surface area contributed by atoms with Gasteiger partial charge in [0, 0.05) is 11.6 Å². The second kappa shape index (κ2) is 4.62. The fourth-order valence-electron chi connectivity index (χ4n) is 0.649. The van der Waals surface area contributed by atoms with Crippen LogP contribution in [0.25, 0.3) is 0 Å². The van der Waals surface area contributed by atoms with Gasteiger partial charge in [-0.15, -0.1) is 11.8 Å². The van der Waals surface area contributed by atoms with Gasteiger partial charge in [-0.05, 0) is 13.8 Å². The Labute approximate surface area is 71.7 Å². The molecule has 2 N–H and O–H groups in total. The summed E-state index contributed by atoms with van der Waals surface area (Å²) in [6, 6.07) is 0. The molecule has 11 heavy (non-hydrogen) atoms. The molecule has 0 fully saturated rings. The van der Waals surface area contributed by atoms with Crippen molar-refractivity contribution in [3.8, 4) is 0 Å². The Kier molecular flexibility index (Phi) is 4.52. The lowest BCUT2D eigenvalue weighted by atomic mass is 9.97. The number of carbonyl (C=O) groups is 1. The zero-order valence-electron chi connectivity index (χ0n) is 7.22. The molecule has 0 radical (unpaired) electrons. The highest BCUT2D eigenvalue weighted by Crippen LogP contribution is 2.22. The molecule has 0 aliphatic heterocycles. The molecule has 0 unspecified atom stereocenters. The molecular weight excluding hydrogens is 162 g/mol. The normalized spacial score (nSPS) is 11.3. The first-order valence-electron chi connectivity index (χ1n) is 3.41. The first-order valence-corrected chi connectivity index (χ1v) is 4.56. The number of ether oxygens (including phenoxy) is 1. The Morgan fingerprint density at radius 2 is 2.18 bits per heavy atom. The van der Waals surface area contributed by atoms with Crippen LogP contribution in [0.3, 0.4) is 0 Å². The lowest BCUT2D eigenvalue weighted by Gasteiger charge is -2.19. The van der Waals surface area contributed by atoms with E-state index in [9.17, 15) is 4.79 Å². The summed E-state index contributed by atoms with van der Waals surface area (Å²) in [5, 5.41) is 0. The minimum absolute atomic E-state index is 0.182. The Balaban J connectivity index is 3.88. The van der Waals surface area contributed by atoms with Crippen LogP contribution in [0.4, 0.5) is 0 Å². The predicted octanol–water partition coefficient (Wildman–Crippen LogP) is 0.835. The van der Waals surface area contributed by atoms with E-state index in [0.29, 0.717) is 11.6 Å². The quantitative estimate of drug-likeness (QED) is 0.510. The molecule has 0 atom stereocenters. The van der Waals surface area contributed by atoms with Crippen molar-refractivity contribution in [2.24, 2.45) is 11.1 Å². The molecule has 0 spiro atoms. The highest BCUT2D eigenvalue weighted by Gasteiger charge is 2.27. The van der Waals surface area contributed by atoms with Gasteiger partial charge in [-0.3, -0.25) is 4.79 Å². The van der Waals surface area contributed by atoms with Gasteiger partial charge >= 0.3 is 5.97 Å². The SMILES string of the molecule is COC(=O)C(C)(C)CSCN. The van der Waals surface area contributed by atoms with Crippen molar-refractivity contribution in [1.29, 1.82) is 0 Å². The minimum atomic E-state index is -0.418. The molecular formula is C7H15NO2S. The summed E-state index contributed by atoms with van der Waals surface area (Å²) < 4.78 is 4.62. The number of methoxy groups -OCH3 is 1. The second-order valence-electron chi connectivity index (χ2n) is 2.89. The van der Waals surface area contributed by atoms with Crippen LogP contribution in [0.2, 0.25) is 0 Å². The number of hydrogen-bond donors (Lipinski definition) is 1. The van der Waals surface area contributed by atoms with Crippen molar-refractivity contribution in [2.75, 3.05) is 18.7 Å². The predicted molar refractivity (Wildman–Crippen MR) is 47.3 cm³/mol. The number of rotatable bonds is 4. The van der Waals surface area contributed by atoms with E-state index >= 15 is 0 Å². The summed E-state index contributed by atoms with van der Waals surface area (Å²) >= 11 is 1.54. The van der Waals surface area contributed by atoms with Crippen molar-refractivity contribution in [2.45, 2.75) is 13.8 Å². The summed E-state index contributed by atoms with van der Waals surface area (Å²) in [4.78, 5) is 11.1. The van der Waals surface area contributed by atoms with E-state index in [0.717, 1.165) is 0 Å². The first kappa shape index (κ1) is 10.8. The Bertz CT molecular complexity index is 136. The van der Waals surface area contributed by atoms with E-state index in [-0.39, 0.29) is 5.97 Å². The molecule has 3 nitrogen and oxygen atoms in total. The van der Waals surface area contributed by atoms with E-state index < -0.39 is 5.41 Å². The Morgan fingerprint density at radius 1 is 1.64 bits per heavy atom. The molecule has 0 aromatic carbocycles. The van der Waals surface area contributed by atoms with Crippen molar-refractivity contribution in [3.05, 3.63) is 0 Å². The third-order valence-corrected chi connectivity index (χ3v) is 2.48. The van der Waals surface area contributed by atoms with Crippen LogP contribution in [0.15, 0.2) is 0 Å². The smallest absolute Gasteiger partial charge is 0.312 e. The Morgan fingerprint density at radius 3 is 2.55 bits per heavy atom. The van der Waals surface area contributed by atoms with Gasteiger partial charge in [0.25, 0.3) is 0 Å². The number of carbonyl (C=O) groups excluding carboxylic acids is 1. The lowest BCUT2D eigenvalue weighted by molar-refractivity contribution is -0.149. The highest BCUT2D eigenvalue weighted by atomic mass is 32.2. The van der Waals surface area contributed by atoms with Crippen LogP contribution in [0.1, 0.15) is 13.8 Å². The van der Waals surface area contributed by atoms with Gasteiger partial charge in [-0.2, -0.15) is 0 Å². The van der Waals surface area contributed by atoms with Gasteiger partial charge in [-0.1, -0.05) is 0 Å². The molecule has 0 aliphatic carbocycles. The number of esters is 1. The molecule has 0 aromatic heterocycles. The van der Waals surface area contributed by atoms with E-state index in [4.69, 9.17) is 5.73 Å². The fraction of sp³-hybridized carbons (Fsp3) is 0.857. The van der Waals surface area contributed by atoms with Crippen LogP contribution >= 0.6 is 11.8 Å². The molecule has 4 heteroatoms. The number of hydrogen-bond acceptors (Lipinski definition) is 4. The third-order valence-electron chi connectivity index (χ3n) is 1.32. The van der Waals surface area contributed by atoms with E-state index in [1.807, 2.05) is 13.8 Å². The largest absolute Gasteiger partial charge is 0.469 e. The van der Waals surface area contributed by atoms with E-state index in [1.165, 1.54) is 18.9 Å². The van der Waals surface area contributed by atoms with Gasteiger partial charge in [0.15, 0.2) is 0 Å². The molecule has 0 bridgehead atoms. The topological polar surface area (TPSA) is 52.3 Å². The first-order chi connectivity index (χ1) is 5.04. The number of nitrogens with two attached hydrogens (primary N) is 1. The van der Waals surface area contributed by atoms with Crippen molar-refractivity contribution >= 4 is 17.7 Å². The maximum atomic E-state index is 11.1. The van der Waals surface area contributed by atoms with Crippen molar-refractivity contribution in [3.63, 3.8) is 0 Å². The lowest BCUT2D eigenvalue weighted by Crippen LogP contribution is -2.28. The van der Waals surface area contributed by atoms with Crippen LogP contribution in [0, 0.1) is 5.41 Å². The van der Waals surface area contributed by atoms with Gasteiger partial charge in [-0.25, -0.2) is 0 Å². The summed E-state index contributed by atoms with van der Waals surface area (Å²) in [7, 11) is 1.40. The Hall–Kier alpha value is -0.220. The van der Waals surface area contributed by atoms with Gasteiger partial charge in [0.05, 0.1) is 12.5 Å². The van der Waals surface area contributed by atoms with Crippen molar-refractivity contribution < 1.29 is 9.53 Å². The molecule has 0 aromatic rings. The highest BCUT2D eigenvalue weighted by molar-refractivity contribution is 7.99.